The lowest BCUT2D eigenvalue weighted by Gasteiger charge is -2.15. The molecular formula is C12H16N4O2. The first-order valence-electron chi connectivity index (χ1n) is 5.67. The number of nitrogens with zero attached hydrogens (tertiary/aromatic N) is 2. The maximum Gasteiger partial charge on any atom is 0.233 e. The molecule has 2 rings (SSSR count). The van der Waals surface area contributed by atoms with Crippen LogP contribution in [0.4, 0.5) is 0 Å². The summed E-state index contributed by atoms with van der Waals surface area (Å²) in [6, 6.07) is 3.43. The number of furan rings is 1. The number of hydrogen-bond donors (Lipinski definition) is 2. The second-order valence-electron chi connectivity index (χ2n) is 3.90. The Bertz CT molecular complexity index is 504. The van der Waals surface area contributed by atoms with Crippen molar-refractivity contribution in [3.05, 3.63) is 42.4 Å². The maximum absolute atomic E-state index is 11.3. The molecule has 0 aliphatic heterocycles. The fourth-order valence-corrected chi connectivity index (χ4v) is 1.71. The molecule has 0 aromatic carbocycles. The lowest BCUT2D eigenvalue weighted by molar-refractivity contribution is -0.119. The summed E-state index contributed by atoms with van der Waals surface area (Å²) in [5.41, 5.74) is 0. The topological polar surface area (TPSA) is 72.1 Å². The Balaban J connectivity index is 2.19. The Morgan fingerprint density at radius 1 is 1.61 bits per heavy atom. The minimum Gasteiger partial charge on any atom is -0.467 e. The molecule has 0 aliphatic carbocycles. The Kier molecular flexibility index (Phi) is 3.78. The Morgan fingerprint density at radius 3 is 3.00 bits per heavy atom. The van der Waals surface area contributed by atoms with Crippen LogP contribution in [0.3, 0.4) is 0 Å². The highest BCUT2D eigenvalue weighted by molar-refractivity contribution is 5.77. The molecule has 0 fully saturated rings. The smallest absolute Gasteiger partial charge is 0.233 e. The van der Waals surface area contributed by atoms with Crippen molar-refractivity contribution in [1.82, 2.24) is 20.2 Å². The van der Waals surface area contributed by atoms with Crippen LogP contribution in [0.25, 0.3) is 0 Å². The predicted octanol–water partition coefficient (Wildman–Crippen LogP) is 0.438. The van der Waals surface area contributed by atoms with E-state index in [0.717, 1.165) is 11.6 Å². The first-order valence-corrected chi connectivity index (χ1v) is 5.67. The van der Waals surface area contributed by atoms with E-state index in [1.54, 1.807) is 19.5 Å². The van der Waals surface area contributed by atoms with Crippen LogP contribution < -0.4 is 10.6 Å². The molecule has 0 saturated carbocycles. The summed E-state index contributed by atoms with van der Waals surface area (Å²) in [6.45, 7) is 0.203. The minimum atomic E-state index is -0.239. The Hall–Kier alpha value is -2.08. The van der Waals surface area contributed by atoms with Crippen molar-refractivity contribution in [3.8, 4) is 0 Å². The number of aromatic nitrogens is 2. The molecule has 18 heavy (non-hydrogen) atoms. The molecule has 1 atom stereocenters. The predicted molar refractivity (Wildman–Crippen MR) is 65.8 cm³/mol. The van der Waals surface area contributed by atoms with E-state index in [1.807, 2.05) is 29.9 Å². The number of amides is 1. The summed E-state index contributed by atoms with van der Waals surface area (Å²) >= 11 is 0. The fraction of sp³-hybridized carbons (Fsp3) is 0.333. The van der Waals surface area contributed by atoms with Crippen LogP contribution in [0.2, 0.25) is 0 Å². The van der Waals surface area contributed by atoms with Gasteiger partial charge in [-0.3, -0.25) is 10.1 Å². The molecule has 2 aromatic rings. The van der Waals surface area contributed by atoms with Gasteiger partial charge in [0.05, 0.1) is 12.8 Å². The van der Waals surface area contributed by atoms with Gasteiger partial charge < -0.3 is 14.3 Å². The van der Waals surface area contributed by atoms with Gasteiger partial charge in [0.2, 0.25) is 5.91 Å². The van der Waals surface area contributed by atoms with Crippen LogP contribution in [0.1, 0.15) is 17.6 Å². The fourth-order valence-electron chi connectivity index (χ4n) is 1.71. The van der Waals surface area contributed by atoms with E-state index in [0.29, 0.717) is 0 Å². The van der Waals surface area contributed by atoms with Crippen LogP contribution in [0.15, 0.2) is 35.2 Å². The lowest BCUT2D eigenvalue weighted by Crippen LogP contribution is -2.35. The average molecular weight is 248 g/mol. The summed E-state index contributed by atoms with van der Waals surface area (Å²) in [5.74, 6) is 1.45. The highest BCUT2D eigenvalue weighted by atomic mass is 16.3. The first-order chi connectivity index (χ1) is 8.72. The summed E-state index contributed by atoms with van der Waals surface area (Å²) in [4.78, 5) is 15.6. The maximum atomic E-state index is 11.3. The third kappa shape index (κ3) is 2.60. The molecule has 2 aromatic heterocycles. The van der Waals surface area contributed by atoms with Crippen LogP contribution in [0, 0.1) is 0 Å². The van der Waals surface area contributed by atoms with E-state index < -0.39 is 0 Å². The second-order valence-corrected chi connectivity index (χ2v) is 3.90. The molecule has 2 heterocycles. The average Bonchev–Trinajstić information content (AvgIpc) is 3.02. The van der Waals surface area contributed by atoms with Gasteiger partial charge in [0, 0.05) is 26.5 Å². The van der Waals surface area contributed by atoms with E-state index in [4.69, 9.17) is 4.42 Å². The number of nitrogens with one attached hydrogen (secondary N) is 2. The zero-order valence-corrected chi connectivity index (χ0v) is 10.4. The number of hydrogen-bond acceptors (Lipinski definition) is 4. The van der Waals surface area contributed by atoms with Crippen molar-refractivity contribution in [2.45, 2.75) is 6.04 Å². The molecule has 2 N–H and O–H groups in total. The largest absolute Gasteiger partial charge is 0.467 e. The van der Waals surface area contributed by atoms with Gasteiger partial charge in [-0.15, -0.1) is 0 Å². The van der Waals surface area contributed by atoms with Crippen LogP contribution in [-0.4, -0.2) is 29.1 Å². The SMILES string of the molecule is CNC(=O)CNC(c1ccco1)c1nccn1C. The molecule has 0 spiro atoms. The van der Waals surface area contributed by atoms with E-state index >= 15 is 0 Å². The van der Waals surface area contributed by atoms with Gasteiger partial charge in [-0.05, 0) is 12.1 Å². The van der Waals surface area contributed by atoms with E-state index in [-0.39, 0.29) is 18.5 Å². The van der Waals surface area contributed by atoms with Crippen LogP contribution in [-0.2, 0) is 11.8 Å². The molecule has 6 heteroatoms. The number of carbonyl (C=O) groups is 1. The van der Waals surface area contributed by atoms with Crippen molar-refractivity contribution in [2.75, 3.05) is 13.6 Å². The standard InChI is InChI=1S/C12H16N4O2/c1-13-10(17)8-15-11(9-4-3-7-18-9)12-14-5-6-16(12)2/h3-7,11,15H,8H2,1-2H3,(H,13,17). The highest BCUT2D eigenvalue weighted by Crippen LogP contribution is 2.20. The van der Waals surface area contributed by atoms with Gasteiger partial charge in [-0.1, -0.05) is 0 Å². The zero-order chi connectivity index (χ0) is 13.0. The van der Waals surface area contributed by atoms with E-state index in [2.05, 4.69) is 15.6 Å². The van der Waals surface area contributed by atoms with Gasteiger partial charge in [-0.25, -0.2) is 4.98 Å². The highest BCUT2D eigenvalue weighted by Gasteiger charge is 2.21. The third-order valence-electron chi connectivity index (χ3n) is 2.69. The Morgan fingerprint density at radius 2 is 2.44 bits per heavy atom. The van der Waals surface area contributed by atoms with Gasteiger partial charge in [-0.2, -0.15) is 0 Å². The van der Waals surface area contributed by atoms with Gasteiger partial charge in [0.1, 0.15) is 17.6 Å². The normalized spacial score (nSPS) is 12.3. The number of likely N-dealkylation sites (N-methyl/N-ethyl adjacent to an activating group) is 1. The van der Waals surface area contributed by atoms with E-state index in [1.165, 1.54) is 0 Å². The lowest BCUT2D eigenvalue weighted by atomic mass is 10.2. The summed E-state index contributed by atoms with van der Waals surface area (Å²) in [5, 5.41) is 5.69. The molecule has 1 amide bonds. The molecule has 0 saturated heterocycles. The first kappa shape index (κ1) is 12.4. The summed E-state index contributed by atoms with van der Waals surface area (Å²) in [6.07, 6.45) is 5.17. The van der Waals surface area contributed by atoms with Crippen molar-refractivity contribution in [2.24, 2.45) is 7.05 Å². The van der Waals surface area contributed by atoms with Crippen molar-refractivity contribution < 1.29 is 9.21 Å². The second kappa shape index (κ2) is 5.50. The van der Waals surface area contributed by atoms with Gasteiger partial charge in [0.25, 0.3) is 0 Å². The number of carbonyl (C=O) groups excluding carboxylic acids is 1. The van der Waals surface area contributed by atoms with Gasteiger partial charge >= 0.3 is 0 Å². The monoisotopic (exact) mass is 248 g/mol. The summed E-state index contributed by atoms with van der Waals surface area (Å²) in [7, 11) is 3.51. The van der Waals surface area contributed by atoms with Crippen LogP contribution in [0.5, 0.6) is 0 Å². The van der Waals surface area contributed by atoms with Crippen molar-refractivity contribution in [3.63, 3.8) is 0 Å². The molecule has 0 radical (unpaired) electrons. The summed E-state index contributed by atoms with van der Waals surface area (Å²) < 4.78 is 7.29. The molecule has 0 aliphatic rings. The molecule has 0 bridgehead atoms. The molecule has 96 valence electrons. The molecular weight excluding hydrogens is 232 g/mol. The quantitative estimate of drug-likeness (QED) is 0.805. The number of imidazole rings is 1. The van der Waals surface area contributed by atoms with Crippen molar-refractivity contribution in [1.29, 1.82) is 0 Å². The van der Waals surface area contributed by atoms with E-state index in [9.17, 15) is 4.79 Å². The number of rotatable bonds is 5. The zero-order valence-electron chi connectivity index (χ0n) is 10.4. The van der Waals surface area contributed by atoms with Crippen LogP contribution >= 0.6 is 0 Å². The number of aryl methyl sites for hydroxylation is 1. The van der Waals surface area contributed by atoms with Crippen molar-refractivity contribution >= 4 is 5.91 Å². The molecule has 1 unspecified atom stereocenters. The minimum absolute atomic E-state index is 0.0826. The van der Waals surface area contributed by atoms with Gasteiger partial charge in [0.15, 0.2) is 0 Å². The molecule has 6 nitrogen and oxygen atoms in total. The Labute approximate surface area is 105 Å². The third-order valence-corrected chi connectivity index (χ3v) is 2.69.